The van der Waals surface area contributed by atoms with Crippen LogP contribution in [-0.4, -0.2) is 59.6 Å². The first kappa shape index (κ1) is 24.7. The van der Waals surface area contributed by atoms with Gasteiger partial charge in [0.25, 0.3) is 0 Å². The molecule has 0 spiro atoms. The molecule has 0 aliphatic carbocycles. The fraction of sp³-hybridized carbons (Fsp3) is 0.824. The molecule has 0 aromatic heterocycles. The van der Waals surface area contributed by atoms with Gasteiger partial charge in [-0.1, -0.05) is 13.8 Å². The van der Waals surface area contributed by atoms with E-state index in [1.165, 1.54) is 0 Å². The third-order valence-electron chi connectivity index (χ3n) is 3.87. The van der Waals surface area contributed by atoms with Crippen molar-refractivity contribution in [2.45, 2.75) is 64.1 Å². The summed E-state index contributed by atoms with van der Waals surface area (Å²) in [5.41, 5.74) is 11.3. The number of nitrogens with one attached hydrogen (secondary N) is 2. The van der Waals surface area contributed by atoms with Crippen molar-refractivity contribution in [2.75, 3.05) is 18.6 Å². The Balaban J connectivity index is 4.89. The van der Waals surface area contributed by atoms with Crippen LogP contribution >= 0.6 is 11.8 Å². The summed E-state index contributed by atoms with van der Waals surface area (Å²) in [5.74, 6) is -1.09. The molecule has 0 unspecified atom stereocenters. The van der Waals surface area contributed by atoms with E-state index in [4.69, 9.17) is 11.5 Å². The molecule has 0 aromatic rings. The summed E-state index contributed by atoms with van der Waals surface area (Å²) < 4.78 is 0. The van der Waals surface area contributed by atoms with Crippen LogP contribution in [0, 0.1) is 5.92 Å². The SMILES string of the molecule is CSCC[C@H](N)C(=O)N[C@@H](CC(C)C)C(=O)N[C@@H](CCCCN)C(=O)O. The summed E-state index contributed by atoms with van der Waals surface area (Å²) in [7, 11) is 0. The minimum absolute atomic E-state index is 0.147. The van der Waals surface area contributed by atoms with Crippen molar-refractivity contribution in [1.82, 2.24) is 10.6 Å². The van der Waals surface area contributed by atoms with Crippen LogP contribution in [0.1, 0.15) is 46.0 Å². The lowest BCUT2D eigenvalue weighted by atomic mass is 10.0. The van der Waals surface area contributed by atoms with Gasteiger partial charge in [-0.15, -0.1) is 0 Å². The Labute approximate surface area is 160 Å². The molecule has 8 nitrogen and oxygen atoms in total. The second kappa shape index (κ2) is 13.8. The molecule has 0 rings (SSSR count). The van der Waals surface area contributed by atoms with Crippen molar-refractivity contribution >= 4 is 29.5 Å². The summed E-state index contributed by atoms with van der Waals surface area (Å²) >= 11 is 1.59. The fourth-order valence-electron chi connectivity index (χ4n) is 2.38. The molecule has 0 aliphatic rings. The van der Waals surface area contributed by atoms with E-state index >= 15 is 0 Å². The van der Waals surface area contributed by atoms with Gasteiger partial charge >= 0.3 is 5.97 Å². The monoisotopic (exact) mass is 390 g/mol. The van der Waals surface area contributed by atoms with Gasteiger partial charge in [-0.3, -0.25) is 9.59 Å². The zero-order valence-electron chi connectivity index (χ0n) is 16.0. The summed E-state index contributed by atoms with van der Waals surface area (Å²) in [4.78, 5) is 36.1. The number of hydrogen-bond acceptors (Lipinski definition) is 6. The van der Waals surface area contributed by atoms with E-state index in [2.05, 4.69) is 10.6 Å². The fourth-order valence-corrected chi connectivity index (χ4v) is 2.87. The molecule has 2 amide bonds. The summed E-state index contributed by atoms with van der Waals surface area (Å²) in [6, 6.07) is -2.49. The lowest BCUT2D eigenvalue weighted by molar-refractivity contribution is -0.142. The van der Waals surface area contributed by atoms with Gasteiger partial charge in [-0.2, -0.15) is 11.8 Å². The van der Waals surface area contributed by atoms with Gasteiger partial charge in [-0.25, -0.2) is 4.79 Å². The molecule has 26 heavy (non-hydrogen) atoms. The van der Waals surface area contributed by atoms with Gasteiger partial charge in [0, 0.05) is 0 Å². The zero-order chi connectivity index (χ0) is 20.1. The first-order chi connectivity index (χ1) is 12.2. The van der Waals surface area contributed by atoms with Crippen LogP contribution < -0.4 is 22.1 Å². The number of unbranched alkanes of at least 4 members (excludes halogenated alkanes) is 1. The molecule has 0 radical (unpaired) electrons. The smallest absolute Gasteiger partial charge is 0.326 e. The highest BCUT2D eigenvalue weighted by molar-refractivity contribution is 7.98. The van der Waals surface area contributed by atoms with Gasteiger partial charge in [-0.05, 0) is 56.6 Å². The van der Waals surface area contributed by atoms with Gasteiger partial charge in [0.1, 0.15) is 12.1 Å². The molecule has 7 N–H and O–H groups in total. The third kappa shape index (κ3) is 10.6. The molecule has 0 bridgehead atoms. The summed E-state index contributed by atoms with van der Waals surface area (Å²) in [6.45, 7) is 4.33. The third-order valence-corrected chi connectivity index (χ3v) is 4.52. The number of rotatable bonds is 14. The van der Waals surface area contributed by atoms with E-state index in [0.29, 0.717) is 38.6 Å². The number of amides is 2. The van der Waals surface area contributed by atoms with Crippen molar-refractivity contribution in [3.63, 3.8) is 0 Å². The predicted molar refractivity (Wildman–Crippen MR) is 105 cm³/mol. The Morgan fingerprint density at radius 3 is 2.15 bits per heavy atom. The number of thioether (sulfide) groups is 1. The number of carboxylic acid groups (broad SMARTS) is 1. The maximum absolute atomic E-state index is 12.5. The normalized spacial score (nSPS) is 14.5. The van der Waals surface area contributed by atoms with Crippen LogP contribution in [0.25, 0.3) is 0 Å². The molecule has 0 heterocycles. The van der Waals surface area contributed by atoms with Gasteiger partial charge in [0.2, 0.25) is 11.8 Å². The molecule has 0 fully saturated rings. The molecule has 0 saturated carbocycles. The Morgan fingerprint density at radius 1 is 1.04 bits per heavy atom. The highest BCUT2D eigenvalue weighted by Crippen LogP contribution is 2.08. The average molecular weight is 391 g/mol. The van der Waals surface area contributed by atoms with Crippen molar-refractivity contribution < 1.29 is 19.5 Å². The highest BCUT2D eigenvalue weighted by Gasteiger charge is 2.28. The predicted octanol–water partition coefficient (Wildman–Crippen LogP) is 0.296. The largest absolute Gasteiger partial charge is 0.480 e. The van der Waals surface area contributed by atoms with Gasteiger partial charge in [0.05, 0.1) is 6.04 Å². The Kier molecular flexibility index (Phi) is 13.1. The highest BCUT2D eigenvalue weighted by atomic mass is 32.2. The van der Waals surface area contributed by atoms with E-state index in [9.17, 15) is 19.5 Å². The van der Waals surface area contributed by atoms with Crippen LogP contribution in [0.4, 0.5) is 0 Å². The quantitative estimate of drug-likeness (QED) is 0.268. The molecule has 0 aliphatic heterocycles. The van der Waals surface area contributed by atoms with Crippen LogP contribution in [0.5, 0.6) is 0 Å². The minimum atomic E-state index is -1.10. The second-order valence-electron chi connectivity index (χ2n) is 6.76. The van der Waals surface area contributed by atoms with Crippen LogP contribution in [0.15, 0.2) is 0 Å². The molecule has 3 atom stereocenters. The van der Waals surface area contributed by atoms with Crippen molar-refractivity contribution in [3.05, 3.63) is 0 Å². The number of hydrogen-bond donors (Lipinski definition) is 5. The van der Waals surface area contributed by atoms with Crippen molar-refractivity contribution in [2.24, 2.45) is 17.4 Å². The topological polar surface area (TPSA) is 148 Å². The number of carbonyl (C=O) groups is 3. The molecular formula is C17H34N4O4S. The Bertz CT molecular complexity index is 448. The molecule has 0 saturated heterocycles. The Hall–Kier alpha value is -1.32. The van der Waals surface area contributed by atoms with Crippen molar-refractivity contribution in [3.8, 4) is 0 Å². The van der Waals surface area contributed by atoms with Gasteiger partial charge < -0.3 is 27.2 Å². The van der Waals surface area contributed by atoms with E-state index in [1.54, 1.807) is 11.8 Å². The molecule has 0 aromatic carbocycles. The molecule has 152 valence electrons. The van der Waals surface area contributed by atoms with Crippen molar-refractivity contribution in [1.29, 1.82) is 0 Å². The van der Waals surface area contributed by atoms with E-state index < -0.39 is 35.9 Å². The number of carboxylic acids is 1. The van der Waals surface area contributed by atoms with Gasteiger partial charge in [0.15, 0.2) is 0 Å². The lowest BCUT2D eigenvalue weighted by Gasteiger charge is -2.24. The molecule has 9 heteroatoms. The Morgan fingerprint density at radius 2 is 1.65 bits per heavy atom. The van der Waals surface area contributed by atoms with Crippen LogP contribution in [0.3, 0.4) is 0 Å². The first-order valence-electron chi connectivity index (χ1n) is 9.01. The number of nitrogens with two attached hydrogens (primary N) is 2. The standard InChI is InChI=1S/C17H34N4O4S/c1-11(2)10-14(21-15(22)12(19)7-9-26-3)16(23)20-13(17(24)25)6-4-5-8-18/h11-14H,4-10,18-19H2,1-3H3,(H,20,23)(H,21,22)(H,24,25)/t12-,13-,14-/m0/s1. The molecular weight excluding hydrogens is 356 g/mol. The van der Waals surface area contributed by atoms with E-state index in [0.717, 1.165) is 5.75 Å². The lowest BCUT2D eigenvalue weighted by Crippen LogP contribution is -2.54. The zero-order valence-corrected chi connectivity index (χ0v) is 16.8. The number of carbonyl (C=O) groups excluding carboxylic acids is 2. The first-order valence-corrected chi connectivity index (χ1v) is 10.4. The average Bonchev–Trinajstić information content (AvgIpc) is 2.57. The number of aliphatic carboxylic acids is 1. The van der Waals surface area contributed by atoms with Crippen LogP contribution in [-0.2, 0) is 14.4 Å². The maximum Gasteiger partial charge on any atom is 0.326 e. The van der Waals surface area contributed by atoms with E-state index in [1.807, 2.05) is 20.1 Å². The minimum Gasteiger partial charge on any atom is -0.480 e. The summed E-state index contributed by atoms with van der Waals surface area (Å²) in [6.07, 6.45) is 4.44. The van der Waals surface area contributed by atoms with Crippen LogP contribution in [0.2, 0.25) is 0 Å². The van der Waals surface area contributed by atoms with E-state index in [-0.39, 0.29) is 5.92 Å². The summed E-state index contributed by atoms with van der Waals surface area (Å²) in [5, 5.41) is 14.5. The maximum atomic E-state index is 12.5. The second-order valence-corrected chi connectivity index (χ2v) is 7.75.